The van der Waals surface area contributed by atoms with Crippen molar-refractivity contribution in [2.75, 3.05) is 44.4 Å². The van der Waals surface area contributed by atoms with Gasteiger partial charge in [-0.15, -0.1) is 0 Å². The fourth-order valence-corrected chi connectivity index (χ4v) is 3.27. The number of hydrogen-bond donors (Lipinski definition) is 1. The van der Waals surface area contributed by atoms with E-state index in [4.69, 9.17) is 14.5 Å². The van der Waals surface area contributed by atoms with Crippen LogP contribution in [0.1, 0.15) is 43.2 Å². The SMILES string of the molecule is CCOCCN(CCOCC)c1nc(C2CC2)c(CO)s1. The predicted molar refractivity (Wildman–Crippen MR) is 85.2 cm³/mol. The number of anilines is 1. The summed E-state index contributed by atoms with van der Waals surface area (Å²) in [7, 11) is 0. The van der Waals surface area contributed by atoms with Gasteiger partial charge in [0.05, 0.1) is 30.4 Å². The third-order valence-electron chi connectivity index (χ3n) is 3.51. The summed E-state index contributed by atoms with van der Waals surface area (Å²) in [6, 6.07) is 0. The molecule has 1 saturated carbocycles. The van der Waals surface area contributed by atoms with Gasteiger partial charge in [0.1, 0.15) is 0 Å². The molecular formula is C15H26N2O3S. The smallest absolute Gasteiger partial charge is 0.186 e. The van der Waals surface area contributed by atoms with Gasteiger partial charge in [0, 0.05) is 32.2 Å². The van der Waals surface area contributed by atoms with E-state index < -0.39 is 0 Å². The quantitative estimate of drug-likeness (QED) is 0.636. The summed E-state index contributed by atoms with van der Waals surface area (Å²) in [5.74, 6) is 0.567. The van der Waals surface area contributed by atoms with Crippen LogP contribution in [0.3, 0.4) is 0 Å². The molecule has 1 aromatic heterocycles. The first-order valence-electron chi connectivity index (χ1n) is 7.81. The molecule has 1 fully saturated rings. The molecule has 1 N–H and O–H groups in total. The maximum Gasteiger partial charge on any atom is 0.186 e. The van der Waals surface area contributed by atoms with Crippen LogP contribution in [0, 0.1) is 0 Å². The predicted octanol–water partition coefficient (Wildman–Crippen LogP) is 2.39. The Hall–Kier alpha value is -0.690. The van der Waals surface area contributed by atoms with Gasteiger partial charge in [0.25, 0.3) is 0 Å². The molecule has 5 nitrogen and oxygen atoms in total. The Morgan fingerprint density at radius 2 is 1.81 bits per heavy atom. The van der Waals surface area contributed by atoms with E-state index in [0.29, 0.717) is 19.1 Å². The Labute approximate surface area is 130 Å². The van der Waals surface area contributed by atoms with Crippen LogP contribution in [-0.2, 0) is 16.1 Å². The van der Waals surface area contributed by atoms with E-state index in [1.54, 1.807) is 11.3 Å². The zero-order chi connectivity index (χ0) is 15.1. The highest BCUT2D eigenvalue weighted by atomic mass is 32.1. The highest BCUT2D eigenvalue weighted by Crippen LogP contribution is 2.44. The first kappa shape index (κ1) is 16.7. The first-order valence-corrected chi connectivity index (χ1v) is 8.62. The zero-order valence-corrected chi connectivity index (χ0v) is 13.8. The van der Waals surface area contributed by atoms with E-state index in [9.17, 15) is 5.11 Å². The Balaban J connectivity index is 2.02. The maximum atomic E-state index is 9.52. The summed E-state index contributed by atoms with van der Waals surface area (Å²) in [6.45, 7) is 8.55. The molecule has 0 unspecified atom stereocenters. The fourth-order valence-electron chi connectivity index (χ4n) is 2.22. The summed E-state index contributed by atoms with van der Waals surface area (Å²) in [4.78, 5) is 8.00. The van der Waals surface area contributed by atoms with Gasteiger partial charge in [-0.05, 0) is 26.7 Å². The van der Waals surface area contributed by atoms with Crippen molar-refractivity contribution in [3.63, 3.8) is 0 Å². The van der Waals surface area contributed by atoms with Crippen molar-refractivity contribution in [1.82, 2.24) is 4.98 Å². The van der Waals surface area contributed by atoms with E-state index in [1.165, 1.54) is 12.8 Å². The van der Waals surface area contributed by atoms with E-state index in [-0.39, 0.29) is 6.61 Å². The third kappa shape index (κ3) is 4.92. The van der Waals surface area contributed by atoms with Crippen LogP contribution >= 0.6 is 11.3 Å². The molecule has 0 atom stereocenters. The maximum absolute atomic E-state index is 9.52. The molecule has 0 radical (unpaired) electrons. The number of thiazole rings is 1. The van der Waals surface area contributed by atoms with Crippen LogP contribution in [0.15, 0.2) is 0 Å². The van der Waals surface area contributed by atoms with Crippen molar-refractivity contribution >= 4 is 16.5 Å². The molecule has 0 bridgehead atoms. The lowest BCUT2D eigenvalue weighted by atomic mass is 10.2. The Kier molecular flexibility index (Phi) is 6.89. The summed E-state index contributed by atoms with van der Waals surface area (Å²) in [5.41, 5.74) is 1.11. The standard InChI is InChI=1S/C15H26N2O3S/c1-3-19-9-7-17(8-10-20-4-2)15-16-14(12-5-6-12)13(11-18)21-15/h12,18H,3-11H2,1-2H3. The molecule has 0 aliphatic heterocycles. The van der Waals surface area contributed by atoms with Crippen molar-refractivity contribution in [3.05, 3.63) is 10.6 Å². The lowest BCUT2D eigenvalue weighted by Gasteiger charge is -2.21. The van der Waals surface area contributed by atoms with Crippen LogP contribution in [-0.4, -0.2) is 49.6 Å². The molecule has 21 heavy (non-hydrogen) atoms. The van der Waals surface area contributed by atoms with Gasteiger partial charge in [-0.1, -0.05) is 11.3 Å². The zero-order valence-electron chi connectivity index (χ0n) is 13.0. The Bertz CT molecular complexity index is 411. The largest absolute Gasteiger partial charge is 0.391 e. The lowest BCUT2D eigenvalue weighted by molar-refractivity contribution is 0.141. The van der Waals surface area contributed by atoms with Gasteiger partial charge in [-0.25, -0.2) is 4.98 Å². The number of rotatable bonds is 11. The molecule has 0 aromatic carbocycles. The minimum Gasteiger partial charge on any atom is -0.391 e. The third-order valence-corrected chi connectivity index (χ3v) is 4.63. The number of aliphatic hydroxyl groups is 1. The minimum atomic E-state index is 0.0915. The number of hydrogen-bond acceptors (Lipinski definition) is 6. The highest BCUT2D eigenvalue weighted by molar-refractivity contribution is 7.15. The second-order valence-corrected chi connectivity index (χ2v) is 6.18. The van der Waals surface area contributed by atoms with E-state index in [1.807, 2.05) is 13.8 Å². The van der Waals surface area contributed by atoms with E-state index in [0.717, 1.165) is 42.0 Å². The molecule has 0 amide bonds. The van der Waals surface area contributed by atoms with Crippen molar-refractivity contribution in [2.45, 2.75) is 39.2 Å². The van der Waals surface area contributed by atoms with Gasteiger partial charge in [-0.2, -0.15) is 0 Å². The number of aliphatic hydroxyl groups excluding tert-OH is 1. The molecule has 0 saturated heterocycles. The minimum absolute atomic E-state index is 0.0915. The fraction of sp³-hybridized carbons (Fsp3) is 0.800. The first-order chi connectivity index (χ1) is 10.3. The molecule has 1 aliphatic carbocycles. The number of aromatic nitrogens is 1. The van der Waals surface area contributed by atoms with Crippen molar-refractivity contribution < 1.29 is 14.6 Å². The van der Waals surface area contributed by atoms with Crippen LogP contribution in [0.25, 0.3) is 0 Å². The number of ether oxygens (including phenoxy) is 2. The van der Waals surface area contributed by atoms with Gasteiger partial charge in [0.15, 0.2) is 5.13 Å². The number of nitrogens with zero attached hydrogens (tertiary/aromatic N) is 2. The molecule has 120 valence electrons. The lowest BCUT2D eigenvalue weighted by Crippen LogP contribution is -2.31. The van der Waals surface area contributed by atoms with Crippen molar-refractivity contribution in [3.8, 4) is 0 Å². The van der Waals surface area contributed by atoms with Gasteiger partial charge >= 0.3 is 0 Å². The topological polar surface area (TPSA) is 54.8 Å². The summed E-state index contributed by atoms with van der Waals surface area (Å²) >= 11 is 1.61. The summed E-state index contributed by atoms with van der Waals surface area (Å²) in [6.07, 6.45) is 2.40. The molecule has 1 aliphatic rings. The van der Waals surface area contributed by atoms with Gasteiger partial charge in [-0.3, -0.25) is 0 Å². The van der Waals surface area contributed by atoms with Crippen LogP contribution in [0.5, 0.6) is 0 Å². The summed E-state index contributed by atoms with van der Waals surface area (Å²) in [5, 5.41) is 10.5. The molecule has 1 aromatic rings. The average molecular weight is 314 g/mol. The van der Waals surface area contributed by atoms with Crippen molar-refractivity contribution in [2.24, 2.45) is 0 Å². The normalized spacial score (nSPS) is 14.6. The Morgan fingerprint density at radius 1 is 1.19 bits per heavy atom. The molecule has 6 heteroatoms. The molecule has 0 spiro atoms. The summed E-state index contributed by atoms with van der Waals surface area (Å²) < 4.78 is 10.9. The second-order valence-electron chi connectivity index (χ2n) is 5.12. The Morgan fingerprint density at radius 3 is 2.29 bits per heavy atom. The highest BCUT2D eigenvalue weighted by Gasteiger charge is 2.30. The molecule has 2 rings (SSSR count). The monoisotopic (exact) mass is 314 g/mol. The molecular weight excluding hydrogens is 288 g/mol. The van der Waals surface area contributed by atoms with Crippen LogP contribution < -0.4 is 4.90 Å². The van der Waals surface area contributed by atoms with Crippen molar-refractivity contribution in [1.29, 1.82) is 0 Å². The molecule has 1 heterocycles. The van der Waals surface area contributed by atoms with Crippen LogP contribution in [0.4, 0.5) is 5.13 Å². The average Bonchev–Trinajstić information content (AvgIpc) is 3.25. The second kappa shape index (κ2) is 8.68. The van der Waals surface area contributed by atoms with Gasteiger partial charge in [0.2, 0.25) is 0 Å². The van der Waals surface area contributed by atoms with E-state index in [2.05, 4.69) is 4.90 Å². The van der Waals surface area contributed by atoms with E-state index >= 15 is 0 Å². The van der Waals surface area contributed by atoms with Gasteiger partial charge < -0.3 is 19.5 Å². The van der Waals surface area contributed by atoms with Crippen LogP contribution in [0.2, 0.25) is 0 Å².